The van der Waals surface area contributed by atoms with Crippen LogP contribution in [0, 0.1) is 6.92 Å². The van der Waals surface area contributed by atoms with Crippen LogP contribution in [0.4, 0.5) is 0 Å². The zero-order valence-corrected chi connectivity index (χ0v) is 11.1. The highest BCUT2D eigenvalue weighted by atomic mass is 35.5. The fourth-order valence-electron chi connectivity index (χ4n) is 1.57. The van der Waals surface area contributed by atoms with Gasteiger partial charge in [-0.3, -0.25) is 4.79 Å². The average molecular weight is 289 g/mol. The van der Waals surface area contributed by atoms with Gasteiger partial charge in [-0.15, -0.1) is 0 Å². The van der Waals surface area contributed by atoms with Gasteiger partial charge >= 0.3 is 0 Å². The smallest absolute Gasteiger partial charge is 0.248 e. The lowest BCUT2D eigenvalue weighted by Crippen LogP contribution is -2.04. The van der Waals surface area contributed by atoms with Crippen LogP contribution in [0.2, 0.25) is 15.1 Å². The molecule has 1 aromatic heterocycles. The Hall–Kier alpha value is -0.960. The molecule has 17 heavy (non-hydrogen) atoms. The van der Waals surface area contributed by atoms with E-state index in [0.29, 0.717) is 15.1 Å². The predicted octanol–water partition coefficient (Wildman–Crippen LogP) is 4.31. The summed E-state index contributed by atoms with van der Waals surface area (Å²) < 4.78 is 0. The zero-order chi connectivity index (χ0) is 12.6. The lowest BCUT2D eigenvalue weighted by Gasteiger charge is -2.07. The number of benzene rings is 1. The third-order valence-electron chi connectivity index (χ3n) is 2.43. The summed E-state index contributed by atoms with van der Waals surface area (Å²) in [6.45, 7) is 1.89. The molecule has 88 valence electrons. The van der Waals surface area contributed by atoms with Crippen molar-refractivity contribution in [3.8, 4) is 11.1 Å². The van der Waals surface area contributed by atoms with Gasteiger partial charge in [0.2, 0.25) is 5.56 Å². The van der Waals surface area contributed by atoms with Crippen LogP contribution in [0.3, 0.4) is 0 Å². The van der Waals surface area contributed by atoms with E-state index < -0.39 is 0 Å². The molecule has 2 nitrogen and oxygen atoms in total. The van der Waals surface area contributed by atoms with Crippen LogP contribution < -0.4 is 5.56 Å². The van der Waals surface area contributed by atoms with E-state index in [2.05, 4.69) is 4.98 Å². The second kappa shape index (κ2) is 4.73. The molecule has 0 saturated carbocycles. The maximum Gasteiger partial charge on any atom is 0.248 e. The molecule has 0 fully saturated rings. The van der Waals surface area contributed by atoms with Gasteiger partial charge in [0.05, 0.1) is 15.1 Å². The number of pyridine rings is 1. The Kier molecular flexibility index (Phi) is 3.48. The van der Waals surface area contributed by atoms with Crippen molar-refractivity contribution in [3.63, 3.8) is 0 Å². The number of aromatic amines is 1. The van der Waals surface area contributed by atoms with Crippen LogP contribution in [0.5, 0.6) is 0 Å². The summed E-state index contributed by atoms with van der Waals surface area (Å²) in [5.41, 5.74) is 2.31. The van der Waals surface area contributed by atoms with Crippen molar-refractivity contribution in [2.24, 2.45) is 0 Å². The van der Waals surface area contributed by atoms with Crippen LogP contribution in [0.25, 0.3) is 11.1 Å². The van der Waals surface area contributed by atoms with Crippen molar-refractivity contribution in [3.05, 3.63) is 55.4 Å². The maximum atomic E-state index is 11.3. The largest absolute Gasteiger partial charge is 0.329 e. The molecule has 0 spiro atoms. The number of rotatable bonds is 1. The van der Waals surface area contributed by atoms with E-state index in [4.69, 9.17) is 34.8 Å². The third kappa shape index (κ3) is 2.49. The molecule has 0 aliphatic carbocycles. The minimum atomic E-state index is -0.173. The molecular weight excluding hydrogens is 280 g/mol. The standard InChI is InChI=1S/C12H8Cl3NO/c1-6-5-16-11(17)4-8(6)7-2-9(13)12(15)10(14)3-7/h2-5H,1H3,(H,16,17). The molecule has 0 unspecified atom stereocenters. The summed E-state index contributed by atoms with van der Waals surface area (Å²) in [6.07, 6.45) is 1.65. The first-order chi connectivity index (χ1) is 7.99. The number of halogens is 3. The van der Waals surface area contributed by atoms with Crippen LogP contribution in [-0.2, 0) is 0 Å². The van der Waals surface area contributed by atoms with Crippen molar-refractivity contribution in [1.29, 1.82) is 0 Å². The number of nitrogens with one attached hydrogen (secondary N) is 1. The average Bonchev–Trinajstić information content (AvgIpc) is 2.28. The second-order valence-electron chi connectivity index (χ2n) is 3.65. The molecule has 2 rings (SSSR count). The van der Waals surface area contributed by atoms with E-state index in [9.17, 15) is 4.79 Å². The number of H-pyrrole nitrogens is 1. The Morgan fingerprint density at radius 3 is 2.24 bits per heavy atom. The summed E-state index contributed by atoms with van der Waals surface area (Å²) in [5.74, 6) is 0. The zero-order valence-electron chi connectivity index (χ0n) is 8.85. The first kappa shape index (κ1) is 12.5. The monoisotopic (exact) mass is 287 g/mol. The summed E-state index contributed by atoms with van der Waals surface area (Å²) in [7, 11) is 0. The number of hydrogen-bond donors (Lipinski definition) is 1. The fraction of sp³-hybridized carbons (Fsp3) is 0.0833. The Morgan fingerprint density at radius 1 is 1.06 bits per heavy atom. The third-order valence-corrected chi connectivity index (χ3v) is 3.62. The highest BCUT2D eigenvalue weighted by molar-refractivity contribution is 6.48. The molecule has 0 aliphatic heterocycles. The summed E-state index contributed by atoms with van der Waals surface area (Å²) in [4.78, 5) is 13.9. The first-order valence-corrected chi connectivity index (χ1v) is 5.96. The van der Waals surface area contributed by atoms with Gasteiger partial charge in [-0.1, -0.05) is 34.8 Å². The number of aryl methyl sites for hydroxylation is 1. The van der Waals surface area contributed by atoms with Gasteiger partial charge in [0.15, 0.2) is 0 Å². The van der Waals surface area contributed by atoms with Gasteiger partial charge < -0.3 is 4.98 Å². The molecule has 0 radical (unpaired) electrons. The minimum absolute atomic E-state index is 0.173. The van der Waals surface area contributed by atoms with Crippen LogP contribution in [0.1, 0.15) is 5.56 Å². The fourth-order valence-corrected chi connectivity index (χ4v) is 2.16. The summed E-state index contributed by atoms with van der Waals surface area (Å²) in [6, 6.07) is 4.89. The van der Waals surface area contributed by atoms with Crippen LogP contribution in [-0.4, -0.2) is 4.98 Å². The van der Waals surface area contributed by atoms with E-state index in [1.807, 2.05) is 6.92 Å². The molecular formula is C12H8Cl3NO. The van der Waals surface area contributed by atoms with E-state index in [0.717, 1.165) is 16.7 Å². The molecule has 1 N–H and O–H groups in total. The Balaban J connectivity index is 2.69. The molecule has 1 aromatic carbocycles. The lowest BCUT2D eigenvalue weighted by atomic mass is 10.0. The highest BCUT2D eigenvalue weighted by Crippen LogP contribution is 2.35. The van der Waals surface area contributed by atoms with E-state index in [1.54, 1.807) is 18.3 Å². The summed E-state index contributed by atoms with van der Waals surface area (Å²) >= 11 is 17.8. The highest BCUT2D eigenvalue weighted by Gasteiger charge is 2.09. The lowest BCUT2D eigenvalue weighted by molar-refractivity contribution is 1.20. The molecule has 0 amide bonds. The Morgan fingerprint density at radius 2 is 1.65 bits per heavy atom. The maximum absolute atomic E-state index is 11.3. The number of aromatic nitrogens is 1. The molecule has 0 saturated heterocycles. The van der Waals surface area contributed by atoms with E-state index in [1.165, 1.54) is 6.07 Å². The molecule has 5 heteroatoms. The molecule has 0 bridgehead atoms. The Labute approximate surface area is 113 Å². The van der Waals surface area contributed by atoms with Gasteiger partial charge in [-0.2, -0.15) is 0 Å². The van der Waals surface area contributed by atoms with Crippen molar-refractivity contribution in [2.75, 3.05) is 0 Å². The second-order valence-corrected chi connectivity index (χ2v) is 4.84. The molecule has 2 aromatic rings. The minimum Gasteiger partial charge on any atom is -0.329 e. The van der Waals surface area contributed by atoms with Gasteiger partial charge in [-0.05, 0) is 35.7 Å². The van der Waals surface area contributed by atoms with E-state index in [-0.39, 0.29) is 5.56 Å². The van der Waals surface area contributed by atoms with Crippen molar-refractivity contribution in [1.82, 2.24) is 4.98 Å². The summed E-state index contributed by atoms with van der Waals surface area (Å²) in [5, 5.41) is 1.06. The number of hydrogen-bond acceptors (Lipinski definition) is 1. The Bertz CT molecular complexity index is 611. The molecule has 1 heterocycles. The van der Waals surface area contributed by atoms with E-state index >= 15 is 0 Å². The SMILES string of the molecule is Cc1c[nH]c(=O)cc1-c1cc(Cl)c(Cl)c(Cl)c1. The molecule has 0 aliphatic rings. The normalized spacial score (nSPS) is 10.6. The van der Waals surface area contributed by atoms with Crippen molar-refractivity contribution in [2.45, 2.75) is 6.92 Å². The van der Waals surface area contributed by atoms with Crippen LogP contribution >= 0.6 is 34.8 Å². The van der Waals surface area contributed by atoms with Gasteiger partial charge in [0.1, 0.15) is 0 Å². The van der Waals surface area contributed by atoms with Gasteiger partial charge in [0, 0.05) is 12.3 Å². The molecule has 0 atom stereocenters. The first-order valence-electron chi connectivity index (χ1n) is 4.83. The van der Waals surface area contributed by atoms with Crippen molar-refractivity contribution < 1.29 is 0 Å². The predicted molar refractivity (Wildman–Crippen MR) is 72.3 cm³/mol. The van der Waals surface area contributed by atoms with Gasteiger partial charge in [-0.25, -0.2) is 0 Å². The van der Waals surface area contributed by atoms with Crippen molar-refractivity contribution >= 4 is 34.8 Å². The quantitative estimate of drug-likeness (QED) is 0.779. The van der Waals surface area contributed by atoms with Gasteiger partial charge in [0.25, 0.3) is 0 Å². The topological polar surface area (TPSA) is 32.9 Å². The van der Waals surface area contributed by atoms with Crippen LogP contribution in [0.15, 0.2) is 29.2 Å².